The maximum absolute atomic E-state index is 9.54. The lowest BCUT2D eigenvalue weighted by Crippen LogP contribution is -2.67. The maximum atomic E-state index is 9.54. The Morgan fingerprint density at radius 1 is 0.880 bits per heavy atom. The molecule has 1 aliphatic carbocycles. The van der Waals surface area contributed by atoms with Gasteiger partial charge in [-0.25, -0.2) is 0 Å². The lowest BCUT2D eigenvalue weighted by molar-refractivity contribution is 0.0509. The lowest BCUT2D eigenvalue weighted by atomic mass is 9.75. The molecular formula is C22H30O2Si. The highest BCUT2D eigenvalue weighted by molar-refractivity contribution is 6.99. The highest BCUT2D eigenvalue weighted by Crippen LogP contribution is 2.40. The predicted molar refractivity (Wildman–Crippen MR) is 107 cm³/mol. The van der Waals surface area contributed by atoms with E-state index in [1.54, 1.807) is 0 Å². The van der Waals surface area contributed by atoms with Gasteiger partial charge in [-0.2, -0.15) is 0 Å². The molecule has 0 bridgehead atoms. The van der Waals surface area contributed by atoms with Crippen LogP contribution in [0.25, 0.3) is 0 Å². The Morgan fingerprint density at radius 2 is 1.36 bits per heavy atom. The van der Waals surface area contributed by atoms with Crippen molar-refractivity contribution in [3.63, 3.8) is 0 Å². The van der Waals surface area contributed by atoms with Crippen LogP contribution < -0.4 is 10.4 Å². The van der Waals surface area contributed by atoms with Crippen molar-refractivity contribution >= 4 is 18.7 Å². The lowest BCUT2D eigenvalue weighted by Gasteiger charge is -2.45. The van der Waals surface area contributed by atoms with Crippen LogP contribution in [-0.4, -0.2) is 26.6 Å². The first-order valence-electron chi connectivity index (χ1n) is 9.35. The van der Waals surface area contributed by atoms with Gasteiger partial charge in [0, 0.05) is 13.2 Å². The normalized spacial score (nSPS) is 21.0. The van der Waals surface area contributed by atoms with Crippen molar-refractivity contribution in [2.24, 2.45) is 11.8 Å². The average Bonchev–Trinajstić information content (AvgIpc) is 2.58. The molecule has 2 aromatic rings. The molecule has 134 valence electrons. The number of rotatable bonds is 6. The van der Waals surface area contributed by atoms with Crippen molar-refractivity contribution < 1.29 is 9.53 Å². The minimum Gasteiger partial charge on any atom is -0.407 e. The molecule has 1 saturated carbocycles. The van der Waals surface area contributed by atoms with E-state index < -0.39 is 8.32 Å². The average molecular weight is 355 g/mol. The fourth-order valence-electron chi connectivity index (χ4n) is 4.09. The minimum atomic E-state index is -2.42. The molecule has 2 atom stereocenters. The second-order valence-corrected chi connectivity index (χ2v) is 12.6. The number of benzene rings is 2. The summed E-state index contributed by atoms with van der Waals surface area (Å²) in [6.07, 6.45) is 2.30. The van der Waals surface area contributed by atoms with Gasteiger partial charge in [0.05, 0.1) is 0 Å². The Kier molecular flexibility index (Phi) is 5.47. The Bertz CT molecular complexity index is 622. The zero-order valence-electron chi connectivity index (χ0n) is 15.6. The highest BCUT2D eigenvalue weighted by Gasteiger charge is 2.50. The molecule has 0 aliphatic heterocycles. The molecule has 1 aliphatic rings. The summed E-state index contributed by atoms with van der Waals surface area (Å²) in [6.45, 7) is 7.96. The first-order chi connectivity index (χ1) is 12.0. The molecule has 3 heteroatoms. The molecule has 2 nitrogen and oxygen atoms in total. The second kappa shape index (κ2) is 7.44. The van der Waals surface area contributed by atoms with E-state index in [4.69, 9.17) is 4.43 Å². The van der Waals surface area contributed by atoms with Crippen molar-refractivity contribution in [2.45, 2.75) is 38.7 Å². The predicted octanol–water partition coefficient (Wildman–Crippen LogP) is 3.58. The van der Waals surface area contributed by atoms with Gasteiger partial charge >= 0.3 is 0 Å². The zero-order valence-corrected chi connectivity index (χ0v) is 16.6. The summed E-state index contributed by atoms with van der Waals surface area (Å²) < 4.78 is 6.93. The molecule has 0 amide bonds. The van der Waals surface area contributed by atoms with E-state index in [9.17, 15) is 5.11 Å². The van der Waals surface area contributed by atoms with E-state index in [-0.39, 0.29) is 11.6 Å². The Hall–Kier alpha value is -1.42. The van der Waals surface area contributed by atoms with E-state index in [2.05, 4.69) is 81.4 Å². The fraction of sp³-hybridized carbons (Fsp3) is 0.455. The summed E-state index contributed by atoms with van der Waals surface area (Å²) in [5, 5.41) is 12.2. The van der Waals surface area contributed by atoms with Gasteiger partial charge in [0.1, 0.15) is 0 Å². The summed E-state index contributed by atoms with van der Waals surface area (Å²) in [5.74, 6) is 0.907. The molecule has 2 aromatic carbocycles. The SMILES string of the molecule is CC(C)(C)[Si](OC[C@H]1CC[C@H]1CO)(c1ccccc1)c1ccccc1. The first kappa shape index (κ1) is 18.4. The van der Waals surface area contributed by atoms with Gasteiger partial charge in [-0.1, -0.05) is 81.4 Å². The molecule has 25 heavy (non-hydrogen) atoms. The van der Waals surface area contributed by atoms with E-state index >= 15 is 0 Å². The van der Waals surface area contributed by atoms with Crippen LogP contribution in [0.5, 0.6) is 0 Å². The third kappa shape index (κ3) is 3.46. The third-order valence-corrected chi connectivity index (χ3v) is 10.7. The summed E-state index contributed by atoms with van der Waals surface area (Å²) >= 11 is 0. The second-order valence-electron chi connectivity index (χ2n) is 8.25. The van der Waals surface area contributed by atoms with Gasteiger partial charge in [-0.15, -0.1) is 0 Å². The summed E-state index contributed by atoms with van der Waals surface area (Å²) in [4.78, 5) is 0. The number of hydrogen-bond donors (Lipinski definition) is 1. The first-order valence-corrected chi connectivity index (χ1v) is 11.3. The van der Waals surface area contributed by atoms with Crippen LogP contribution in [0.1, 0.15) is 33.6 Å². The van der Waals surface area contributed by atoms with Gasteiger partial charge in [-0.3, -0.25) is 0 Å². The monoisotopic (exact) mass is 354 g/mol. The largest absolute Gasteiger partial charge is 0.407 e. The van der Waals surface area contributed by atoms with Crippen molar-refractivity contribution in [3.05, 3.63) is 60.7 Å². The van der Waals surface area contributed by atoms with Gasteiger partial charge < -0.3 is 9.53 Å². The smallest absolute Gasteiger partial charge is 0.261 e. The van der Waals surface area contributed by atoms with Crippen LogP contribution in [0.4, 0.5) is 0 Å². The fourth-order valence-corrected chi connectivity index (χ4v) is 8.71. The molecule has 1 N–H and O–H groups in total. The zero-order chi connectivity index (χ0) is 17.9. The molecule has 0 saturated heterocycles. The number of hydrogen-bond acceptors (Lipinski definition) is 2. The van der Waals surface area contributed by atoms with Crippen LogP contribution in [0.2, 0.25) is 5.04 Å². The maximum Gasteiger partial charge on any atom is 0.261 e. The van der Waals surface area contributed by atoms with Crippen LogP contribution in [0.3, 0.4) is 0 Å². The molecular weight excluding hydrogens is 324 g/mol. The number of aliphatic hydroxyl groups excluding tert-OH is 1. The topological polar surface area (TPSA) is 29.5 Å². The molecule has 3 rings (SSSR count). The molecule has 0 unspecified atom stereocenters. The third-order valence-electron chi connectivity index (χ3n) is 5.74. The molecule has 0 aromatic heterocycles. The van der Waals surface area contributed by atoms with Crippen LogP contribution in [-0.2, 0) is 4.43 Å². The van der Waals surface area contributed by atoms with Crippen molar-refractivity contribution in [2.75, 3.05) is 13.2 Å². The molecule has 1 fully saturated rings. The van der Waals surface area contributed by atoms with E-state index in [0.717, 1.165) is 13.0 Å². The summed E-state index contributed by atoms with van der Waals surface area (Å²) in [7, 11) is -2.42. The van der Waals surface area contributed by atoms with Crippen LogP contribution >= 0.6 is 0 Å². The van der Waals surface area contributed by atoms with Crippen LogP contribution in [0.15, 0.2) is 60.7 Å². The van der Waals surface area contributed by atoms with Crippen molar-refractivity contribution in [1.29, 1.82) is 0 Å². The van der Waals surface area contributed by atoms with Gasteiger partial charge in [0.2, 0.25) is 0 Å². The molecule has 0 spiro atoms. The van der Waals surface area contributed by atoms with E-state index in [0.29, 0.717) is 11.8 Å². The van der Waals surface area contributed by atoms with E-state index in [1.807, 2.05) is 0 Å². The molecule has 0 heterocycles. The number of aliphatic hydroxyl groups is 1. The Morgan fingerprint density at radius 3 is 1.72 bits per heavy atom. The van der Waals surface area contributed by atoms with Gasteiger partial charge in [0.15, 0.2) is 0 Å². The summed E-state index contributed by atoms with van der Waals surface area (Å²) in [5.41, 5.74) is 0. The van der Waals surface area contributed by atoms with Crippen molar-refractivity contribution in [1.82, 2.24) is 0 Å². The van der Waals surface area contributed by atoms with Crippen LogP contribution in [0, 0.1) is 11.8 Å². The van der Waals surface area contributed by atoms with E-state index in [1.165, 1.54) is 16.8 Å². The Balaban J connectivity index is 2.03. The highest BCUT2D eigenvalue weighted by atomic mass is 28.4. The molecule has 0 radical (unpaired) electrons. The summed E-state index contributed by atoms with van der Waals surface area (Å²) in [6, 6.07) is 21.6. The van der Waals surface area contributed by atoms with Crippen molar-refractivity contribution in [3.8, 4) is 0 Å². The van der Waals surface area contributed by atoms with Gasteiger partial charge in [-0.05, 0) is 40.1 Å². The Labute approximate surface area is 153 Å². The quantitative estimate of drug-likeness (QED) is 0.804. The standard InChI is InChI=1S/C22H30O2Si/c1-22(2,3)25(20-10-6-4-7-11-20,21-12-8-5-9-13-21)24-17-19-15-14-18(19)16-23/h4-13,18-19,23H,14-17H2,1-3H3/t18-,19+/m0/s1. The minimum absolute atomic E-state index is 0.0220. The van der Waals surface area contributed by atoms with Gasteiger partial charge in [0.25, 0.3) is 8.32 Å².